The molecule has 2 aliphatic heterocycles. The Morgan fingerprint density at radius 3 is 2.62 bits per heavy atom. The van der Waals surface area contributed by atoms with E-state index in [9.17, 15) is 5.11 Å². The molecule has 2 fully saturated rings. The summed E-state index contributed by atoms with van der Waals surface area (Å²) in [5.74, 6) is 0.961. The van der Waals surface area contributed by atoms with Gasteiger partial charge in [-0.2, -0.15) is 0 Å². The molecule has 0 bridgehead atoms. The molecule has 0 aliphatic carbocycles. The highest BCUT2D eigenvalue weighted by Crippen LogP contribution is 2.39. The minimum Gasteiger partial charge on any atom is -0.508 e. The Bertz CT molecular complexity index is 453. The van der Waals surface area contributed by atoms with Crippen LogP contribution in [-0.2, 0) is 4.74 Å². The van der Waals surface area contributed by atoms with E-state index in [1.807, 2.05) is 12.1 Å². The smallest absolute Gasteiger partial charge is 0.121 e. The number of phenolic OH excluding ortho intramolecular Hbond substituents is 1. The molecule has 21 heavy (non-hydrogen) atoms. The van der Waals surface area contributed by atoms with Gasteiger partial charge in [-0.15, -0.1) is 0 Å². The summed E-state index contributed by atoms with van der Waals surface area (Å²) in [5.41, 5.74) is 1.06. The molecule has 1 aromatic rings. The third-order valence-electron chi connectivity index (χ3n) is 4.57. The summed E-state index contributed by atoms with van der Waals surface area (Å²) in [6, 6.07) is 6.21. The molecule has 2 N–H and O–H groups in total. The largest absolute Gasteiger partial charge is 0.508 e. The lowest BCUT2D eigenvalue weighted by atomic mass is 9.85. The predicted molar refractivity (Wildman–Crippen MR) is 86.5 cm³/mol. The maximum absolute atomic E-state index is 10.4. The Labute approximate surface area is 134 Å². The maximum Gasteiger partial charge on any atom is 0.121 e. The van der Waals surface area contributed by atoms with Crippen molar-refractivity contribution in [1.82, 2.24) is 10.2 Å². The van der Waals surface area contributed by atoms with E-state index in [1.54, 1.807) is 0 Å². The highest BCUT2D eigenvalue weighted by Gasteiger charge is 2.32. The van der Waals surface area contributed by atoms with Crippen molar-refractivity contribution in [2.24, 2.45) is 5.92 Å². The van der Waals surface area contributed by atoms with Crippen molar-refractivity contribution in [3.63, 3.8) is 0 Å². The van der Waals surface area contributed by atoms with Crippen LogP contribution in [0.3, 0.4) is 0 Å². The lowest BCUT2D eigenvalue weighted by Gasteiger charge is -2.41. The van der Waals surface area contributed by atoms with E-state index in [4.69, 9.17) is 4.74 Å². The molecule has 1 atom stereocenters. The second kappa shape index (κ2) is 7.09. The zero-order valence-electron chi connectivity index (χ0n) is 12.2. The number of piperazine rings is 1. The van der Waals surface area contributed by atoms with Crippen molar-refractivity contribution in [2.75, 3.05) is 39.4 Å². The van der Waals surface area contributed by atoms with Gasteiger partial charge in [-0.3, -0.25) is 4.90 Å². The first-order chi connectivity index (χ1) is 10.3. The molecule has 0 saturated carbocycles. The molecule has 1 aromatic carbocycles. The zero-order chi connectivity index (χ0) is 14.7. The fourth-order valence-corrected chi connectivity index (χ4v) is 3.86. The Morgan fingerprint density at radius 2 is 1.95 bits per heavy atom. The number of nitrogens with zero attached hydrogens (tertiary/aromatic N) is 1. The van der Waals surface area contributed by atoms with Gasteiger partial charge in [0.15, 0.2) is 0 Å². The fourth-order valence-electron chi connectivity index (χ4n) is 3.51. The number of phenols is 1. The van der Waals surface area contributed by atoms with E-state index in [0.717, 1.165) is 62.3 Å². The van der Waals surface area contributed by atoms with Crippen LogP contribution in [0.1, 0.15) is 24.4 Å². The maximum atomic E-state index is 10.4. The summed E-state index contributed by atoms with van der Waals surface area (Å²) >= 11 is 3.43. The van der Waals surface area contributed by atoms with Crippen LogP contribution in [0.5, 0.6) is 5.75 Å². The Hall–Kier alpha value is -0.620. The second-order valence-corrected chi connectivity index (χ2v) is 6.80. The highest BCUT2D eigenvalue weighted by atomic mass is 79.9. The number of hydrogen-bond acceptors (Lipinski definition) is 4. The van der Waals surface area contributed by atoms with Crippen LogP contribution in [0, 0.1) is 5.92 Å². The van der Waals surface area contributed by atoms with Gasteiger partial charge in [0.05, 0.1) is 0 Å². The molecule has 2 aliphatic rings. The molecule has 5 heteroatoms. The predicted octanol–water partition coefficient (Wildman–Crippen LogP) is 2.53. The van der Waals surface area contributed by atoms with Gasteiger partial charge in [-0.25, -0.2) is 0 Å². The average Bonchev–Trinajstić information content (AvgIpc) is 2.52. The van der Waals surface area contributed by atoms with Crippen LogP contribution in [0.15, 0.2) is 22.7 Å². The van der Waals surface area contributed by atoms with E-state index < -0.39 is 0 Å². The van der Waals surface area contributed by atoms with Crippen LogP contribution in [0.4, 0.5) is 0 Å². The number of aromatic hydroxyl groups is 1. The standard InChI is InChI=1S/C16H23BrN2O2/c17-13-1-2-14(15(20)11-13)16(12-3-9-21-10-4-12)19-7-5-18-6-8-19/h1-2,11-12,16,18,20H,3-10H2/t16-/m0/s1. The topological polar surface area (TPSA) is 44.7 Å². The second-order valence-electron chi connectivity index (χ2n) is 5.88. The van der Waals surface area contributed by atoms with Crippen molar-refractivity contribution in [1.29, 1.82) is 0 Å². The van der Waals surface area contributed by atoms with Crippen LogP contribution in [0.25, 0.3) is 0 Å². The van der Waals surface area contributed by atoms with Gasteiger partial charge in [0.25, 0.3) is 0 Å². The summed E-state index contributed by atoms with van der Waals surface area (Å²) in [4.78, 5) is 2.52. The van der Waals surface area contributed by atoms with E-state index in [2.05, 4.69) is 32.2 Å². The normalized spacial score (nSPS) is 23.1. The molecule has 0 radical (unpaired) electrons. The molecule has 3 rings (SSSR count). The van der Waals surface area contributed by atoms with Gasteiger partial charge in [-0.05, 0) is 30.9 Å². The monoisotopic (exact) mass is 354 g/mol. The minimum atomic E-state index is 0.295. The highest BCUT2D eigenvalue weighted by molar-refractivity contribution is 9.10. The quantitative estimate of drug-likeness (QED) is 0.875. The summed E-state index contributed by atoms with van der Waals surface area (Å²) in [6.45, 7) is 5.80. The number of benzene rings is 1. The summed E-state index contributed by atoms with van der Waals surface area (Å²) in [6.07, 6.45) is 2.15. The Kier molecular flexibility index (Phi) is 5.16. The van der Waals surface area contributed by atoms with Crippen LogP contribution >= 0.6 is 15.9 Å². The van der Waals surface area contributed by atoms with Crippen molar-refractivity contribution in [3.8, 4) is 5.75 Å². The van der Waals surface area contributed by atoms with Gasteiger partial charge in [0, 0.05) is 55.5 Å². The third-order valence-corrected chi connectivity index (χ3v) is 5.06. The van der Waals surface area contributed by atoms with Crippen molar-refractivity contribution >= 4 is 15.9 Å². The number of rotatable bonds is 3. The van der Waals surface area contributed by atoms with E-state index in [0.29, 0.717) is 17.7 Å². The van der Waals surface area contributed by atoms with Gasteiger partial charge < -0.3 is 15.2 Å². The van der Waals surface area contributed by atoms with E-state index in [1.165, 1.54) is 0 Å². The summed E-state index contributed by atoms with van der Waals surface area (Å²) in [5, 5.41) is 13.8. The van der Waals surface area contributed by atoms with Crippen molar-refractivity contribution < 1.29 is 9.84 Å². The number of halogens is 1. The number of ether oxygens (including phenoxy) is 1. The van der Waals surface area contributed by atoms with Crippen LogP contribution in [0.2, 0.25) is 0 Å². The van der Waals surface area contributed by atoms with Gasteiger partial charge in [-0.1, -0.05) is 22.0 Å². The molecular weight excluding hydrogens is 332 g/mol. The molecule has 0 spiro atoms. The Balaban J connectivity index is 1.89. The summed E-state index contributed by atoms with van der Waals surface area (Å²) in [7, 11) is 0. The third kappa shape index (κ3) is 3.59. The van der Waals surface area contributed by atoms with Crippen molar-refractivity contribution in [3.05, 3.63) is 28.2 Å². The van der Waals surface area contributed by atoms with Gasteiger partial charge >= 0.3 is 0 Å². The Morgan fingerprint density at radius 1 is 1.24 bits per heavy atom. The SMILES string of the molecule is Oc1cc(Br)ccc1[C@H](C1CCOCC1)N1CCNCC1. The lowest BCUT2D eigenvalue weighted by Crippen LogP contribution is -2.47. The molecule has 2 saturated heterocycles. The first-order valence-corrected chi connectivity index (χ1v) is 8.56. The molecule has 0 unspecified atom stereocenters. The van der Waals surface area contributed by atoms with Crippen molar-refractivity contribution in [2.45, 2.75) is 18.9 Å². The fraction of sp³-hybridized carbons (Fsp3) is 0.625. The summed E-state index contributed by atoms with van der Waals surface area (Å²) < 4.78 is 6.45. The molecule has 0 amide bonds. The molecule has 0 aromatic heterocycles. The first kappa shape index (κ1) is 15.3. The number of hydrogen-bond donors (Lipinski definition) is 2. The lowest BCUT2D eigenvalue weighted by molar-refractivity contribution is 0.0206. The van der Waals surface area contributed by atoms with Gasteiger partial charge in [0.2, 0.25) is 0 Å². The first-order valence-electron chi connectivity index (χ1n) is 7.76. The zero-order valence-corrected chi connectivity index (χ0v) is 13.8. The molecule has 4 nitrogen and oxygen atoms in total. The van der Waals surface area contributed by atoms with Gasteiger partial charge in [0.1, 0.15) is 5.75 Å². The van der Waals surface area contributed by atoms with E-state index in [-0.39, 0.29) is 0 Å². The van der Waals surface area contributed by atoms with Crippen LogP contribution in [-0.4, -0.2) is 49.4 Å². The van der Waals surface area contributed by atoms with E-state index >= 15 is 0 Å². The number of nitrogens with one attached hydrogen (secondary N) is 1. The average molecular weight is 355 g/mol. The minimum absolute atomic E-state index is 0.295. The molecule has 2 heterocycles. The molecular formula is C16H23BrN2O2. The molecule has 116 valence electrons. The van der Waals surface area contributed by atoms with Crippen LogP contribution < -0.4 is 5.32 Å².